The number of piperidine rings is 2. The van der Waals surface area contributed by atoms with Crippen molar-refractivity contribution in [3.05, 3.63) is 30.1 Å². The number of aliphatic hydroxyl groups is 1. The lowest BCUT2D eigenvalue weighted by atomic mass is 10.0. The molecule has 0 saturated carbocycles. The highest BCUT2D eigenvalue weighted by Crippen LogP contribution is 2.20. The van der Waals surface area contributed by atoms with Gasteiger partial charge in [0.25, 0.3) is 0 Å². The second-order valence-corrected chi connectivity index (χ2v) is 6.84. The van der Waals surface area contributed by atoms with Crippen LogP contribution in [0.4, 0.5) is 10.1 Å². The molecule has 5 nitrogen and oxygen atoms in total. The highest BCUT2D eigenvalue weighted by Gasteiger charge is 2.23. The van der Waals surface area contributed by atoms with Gasteiger partial charge in [-0.05, 0) is 56.5 Å². The number of benzene rings is 1. The summed E-state index contributed by atoms with van der Waals surface area (Å²) in [6, 6.07) is 6.77. The molecule has 1 aromatic rings. The fourth-order valence-electron chi connectivity index (χ4n) is 3.59. The van der Waals surface area contributed by atoms with Gasteiger partial charge in [0.15, 0.2) is 0 Å². The molecular formula is C18H26FN3O2. The molecule has 1 atom stereocenters. The number of nitrogens with zero attached hydrogens (tertiary/aromatic N) is 2. The van der Waals surface area contributed by atoms with Gasteiger partial charge in [0.2, 0.25) is 5.91 Å². The van der Waals surface area contributed by atoms with Crippen LogP contribution in [-0.2, 0) is 4.79 Å². The molecule has 2 aliphatic rings. The SMILES string of the molecule is O=C(CN1CCC[C@H](O)C1)NC1CCN(c2ccc(F)cc2)CC1. The van der Waals surface area contributed by atoms with Crippen LogP contribution in [-0.4, -0.2) is 60.8 Å². The van der Waals surface area contributed by atoms with Gasteiger partial charge in [0.05, 0.1) is 12.6 Å². The molecule has 0 unspecified atom stereocenters. The summed E-state index contributed by atoms with van der Waals surface area (Å²) in [7, 11) is 0. The van der Waals surface area contributed by atoms with Crippen LogP contribution in [0.1, 0.15) is 25.7 Å². The van der Waals surface area contributed by atoms with Crippen molar-refractivity contribution in [2.75, 3.05) is 37.6 Å². The predicted molar refractivity (Wildman–Crippen MR) is 91.5 cm³/mol. The molecule has 2 aliphatic heterocycles. The zero-order chi connectivity index (χ0) is 16.9. The highest BCUT2D eigenvalue weighted by molar-refractivity contribution is 5.78. The van der Waals surface area contributed by atoms with Gasteiger partial charge >= 0.3 is 0 Å². The average molecular weight is 335 g/mol. The smallest absolute Gasteiger partial charge is 0.234 e. The summed E-state index contributed by atoms with van der Waals surface area (Å²) < 4.78 is 13.0. The summed E-state index contributed by atoms with van der Waals surface area (Å²) in [5.74, 6) is -0.173. The quantitative estimate of drug-likeness (QED) is 0.873. The Morgan fingerprint density at radius 2 is 1.88 bits per heavy atom. The van der Waals surface area contributed by atoms with Crippen LogP contribution < -0.4 is 10.2 Å². The minimum atomic E-state index is -0.300. The Bertz CT molecular complexity index is 544. The van der Waals surface area contributed by atoms with Crippen LogP contribution in [0.3, 0.4) is 0 Å². The predicted octanol–water partition coefficient (Wildman–Crippen LogP) is 1.37. The van der Waals surface area contributed by atoms with E-state index in [1.54, 1.807) is 12.1 Å². The number of likely N-dealkylation sites (tertiary alicyclic amines) is 1. The van der Waals surface area contributed by atoms with E-state index in [0.717, 1.165) is 51.0 Å². The maximum Gasteiger partial charge on any atom is 0.234 e. The van der Waals surface area contributed by atoms with Gasteiger partial charge in [-0.15, -0.1) is 0 Å². The van der Waals surface area contributed by atoms with E-state index >= 15 is 0 Å². The van der Waals surface area contributed by atoms with Crippen molar-refractivity contribution in [2.24, 2.45) is 0 Å². The number of anilines is 1. The molecule has 132 valence electrons. The monoisotopic (exact) mass is 335 g/mol. The number of carbonyl (C=O) groups is 1. The van der Waals surface area contributed by atoms with Crippen molar-refractivity contribution in [1.29, 1.82) is 0 Å². The van der Waals surface area contributed by atoms with Crippen molar-refractivity contribution < 1.29 is 14.3 Å². The first-order chi connectivity index (χ1) is 11.6. The molecule has 2 heterocycles. The van der Waals surface area contributed by atoms with Crippen molar-refractivity contribution >= 4 is 11.6 Å². The van der Waals surface area contributed by atoms with Crippen molar-refractivity contribution in [1.82, 2.24) is 10.2 Å². The van der Waals surface area contributed by atoms with Gasteiger partial charge in [0, 0.05) is 31.4 Å². The van der Waals surface area contributed by atoms with Gasteiger partial charge < -0.3 is 15.3 Å². The minimum Gasteiger partial charge on any atom is -0.392 e. The van der Waals surface area contributed by atoms with E-state index in [4.69, 9.17) is 0 Å². The summed E-state index contributed by atoms with van der Waals surface area (Å²) in [5, 5.41) is 12.8. The number of rotatable bonds is 4. The van der Waals surface area contributed by atoms with Crippen molar-refractivity contribution in [3.8, 4) is 0 Å². The summed E-state index contributed by atoms with van der Waals surface area (Å²) in [6.07, 6.45) is 3.27. The molecule has 1 aromatic carbocycles. The Morgan fingerprint density at radius 1 is 1.17 bits per heavy atom. The first-order valence-electron chi connectivity index (χ1n) is 8.80. The molecule has 0 aliphatic carbocycles. The van der Waals surface area contributed by atoms with Crippen LogP contribution in [0.2, 0.25) is 0 Å². The third-order valence-electron chi connectivity index (χ3n) is 4.90. The molecule has 6 heteroatoms. The van der Waals surface area contributed by atoms with Crippen molar-refractivity contribution in [3.63, 3.8) is 0 Å². The van der Waals surface area contributed by atoms with E-state index in [1.807, 2.05) is 4.90 Å². The van der Waals surface area contributed by atoms with E-state index in [2.05, 4.69) is 10.2 Å². The number of amides is 1. The molecule has 0 aromatic heterocycles. The molecule has 2 saturated heterocycles. The fraction of sp³-hybridized carbons (Fsp3) is 0.611. The summed E-state index contributed by atoms with van der Waals surface area (Å²) in [6.45, 7) is 3.57. The molecule has 0 radical (unpaired) electrons. The fourth-order valence-corrected chi connectivity index (χ4v) is 3.59. The van der Waals surface area contributed by atoms with Crippen LogP contribution in [0, 0.1) is 5.82 Å². The topological polar surface area (TPSA) is 55.8 Å². The summed E-state index contributed by atoms with van der Waals surface area (Å²) >= 11 is 0. The Labute approximate surface area is 142 Å². The Morgan fingerprint density at radius 3 is 2.54 bits per heavy atom. The van der Waals surface area contributed by atoms with Crippen molar-refractivity contribution in [2.45, 2.75) is 37.8 Å². The van der Waals surface area contributed by atoms with Gasteiger partial charge in [-0.25, -0.2) is 4.39 Å². The number of carbonyl (C=O) groups excluding carboxylic acids is 1. The third kappa shape index (κ3) is 4.68. The Balaban J connectivity index is 1.41. The molecule has 0 bridgehead atoms. The van der Waals surface area contributed by atoms with Crippen LogP contribution in [0.15, 0.2) is 24.3 Å². The van der Waals surface area contributed by atoms with E-state index in [9.17, 15) is 14.3 Å². The van der Waals surface area contributed by atoms with E-state index in [1.165, 1.54) is 12.1 Å². The maximum absolute atomic E-state index is 13.0. The number of aliphatic hydroxyl groups excluding tert-OH is 1. The molecule has 24 heavy (non-hydrogen) atoms. The average Bonchev–Trinajstić information content (AvgIpc) is 2.56. The highest BCUT2D eigenvalue weighted by atomic mass is 19.1. The first kappa shape index (κ1) is 17.2. The summed E-state index contributed by atoms with van der Waals surface area (Å²) in [4.78, 5) is 16.4. The second kappa shape index (κ2) is 7.94. The number of β-amino-alcohol motifs (C(OH)–C–C–N with tert-alkyl or cyclic N) is 1. The third-order valence-corrected chi connectivity index (χ3v) is 4.90. The molecule has 2 N–H and O–H groups in total. The Hall–Kier alpha value is -1.66. The lowest BCUT2D eigenvalue weighted by Gasteiger charge is -2.35. The number of nitrogens with one attached hydrogen (secondary N) is 1. The number of hydrogen-bond acceptors (Lipinski definition) is 4. The maximum atomic E-state index is 13.0. The molecule has 0 spiro atoms. The van der Waals surface area contributed by atoms with E-state index < -0.39 is 0 Å². The van der Waals surface area contributed by atoms with Crippen LogP contribution in [0.5, 0.6) is 0 Å². The van der Waals surface area contributed by atoms with Gasteiger partial charge in [-0.2, -0.15) is 0 Å². The van der Waals surface area contributed by atoms with Gasteiger partial charge in [-0.1, -0.05) is 0 Å². The first-order valence-corrected chi connectivity index (χ1v) is 8.80. The van der Waals surface area contributed by atoms with Gasteiger partial charge in [0.1, 0.15) is 5.82 Å². The molecule has 3 rings (SSSR count). The molecule has 2 fully saturated rings. The summed E-state index contributed by atoms with van der Waals surface area (Å²) in [5.41, 5.74) is 1.03. The Kier molecular flexibility index (Phi) is 5.68. The van der Waals surface area contributed by atoms with E-state index in [-0.39, 0.29) is 23.9 Å². The molecular weight excluding hydrogens is 309 g/mol. The van der Waals surface area contributed by atoms with Gasteiger partial charge in [-0.3, -0.25) is 9.69 Å². The van der Waals surface area contributed by atoms with Crippen LogP contribution in [0.25, 0.3) is 0 Å². The second-order valence-electron chi connectivity index (χ2n) is 6.84. The lowest BCUT2D eigenvalue weighted by Crippen LogP contribution is -2.49. The molecule has 1 amide bonds. The van der Waals surface area contributed by atoms with E-state index in [0.29, 0.717) is 13.1 Å². The standard InChI is InChI=1S/C18H26FN3O2/c19-14-3-5-16(6-4-14)22-10-7-15(8-11-22)20-18(24)13-21-9-1-2-17(23)12-21/h3-6,15,17,23H,1-2,7-13H2,(H,20,24)/t17-/m0/s1. The normalized spacial score (nSPS) is 23.2. The minimum absolute atomic E-state index is 0.0457. The lowest BCUT2D eigenvalue weighted by molar-refractivity contribution is -0.123. The number of hydrogen-bond donors (Lipinski definition) is 2. The zero-order valence-corrected chi connectivity index (χ0v) is 14.0. The number of halogens is 1. The zero-order valence-electron chi connectivity index (χ0n) is 14.0. The van der Waals surface area contributed by atoms with Crippen LogP contribution >= 0.6 is 0 Å². The largest absolute Gasteiger partial charge is 0.392 e.